The Morgan fingerprint density at radius 1 is 1.22 bits per heavy atom. The molecule has 5 nitrogen and oxygen atoms in total. The highest BCUT2D eigenvalue weighted by molar-refractivity contribution is 5.90. The maximum Gasteiger partial charge on any atom is 0.242 e. The fourth-order valence-corrected chi connectivity index (χ4v) is 5.82. The molecule has 4 unspecified atom stereocenters. The van der Waals surface area contributed by atoms with Crippen LogP contribution in [0.3, 0.4) is 0 Å². The molecule has 3 aliphatic carbocycles. The second-order valence-corrected chi connectivity index (χ2v) is 8.47. The summed E-state index contributed by atoms with van der Waals surface area (Å²) in [7, 11) is 0. The van der Waals surface area contributed by atoms with Gasteiger partial charge in [0.15, 0.2) is 0 Å². The van der Waals surface area contributed by atoms with Crippen molar-refractivity contribution in [2.75, 3.05) is 6.54 Å². The molecule has 0 aromatic carbocycles. The number of carbonyl (C=O) groups is 2. The molecule has 1 heterocycles. The standard InChI is InChI=1S/C18H28N2O3/c21-15-14(5-1-2-7-19-15)20-16(22)17-9-12-4-3-6-18(23,11-17)13(8-12)10-17/h12-14,23H,1-11H2,(H,19,21)(H,20,22)/t12?,13?,14-,17?,18?/m0/s1. The Labute approximate surface area is 137 Å². The van der Waals surface area contributed by atoms with E-state index >= 15 is 0 Å². The number of hydrogen-bond acceptors (Lipinski definition) is 3. The molecule has 4 rings (SSSR count). The van der Waals surface area contributed by atoms with Gasteiger partial charge >= 0.3 is 0 Å². The zero-order chi connectivity index (χ0) is 16.1. The van der Waals surface area contributed by atoms with Crippen LogP contribution < -0.4 is 10.6 Å². The Hall–Kier alpha value is -1.10. The lowest BCUT2D eigenvalue weighted by Crippen LogP contribution is -2.51. The van der Waals surface area contributed by atoms with Crippen LogP contribution in [0.4, 0.5) is 0 Å². The fourth-order valence-electron chi connectivity index (χ4n) is 5.82. The maximum atomic E-state index is 13.1. The molecular weight excluding hydrogens is 292 g/mol. The van der Waals surface area contributed by atoms with Crippen molar-refractivity contribution >= 4 is 11.8 Å². The van der Waals surface area contributed by atoms with Gasteiger partial charge < -0.3 is 15.7 Å². The van der Waals surface area contributed by atoms with Gasteiger partial charge in [0.25, 0.3) is 0 Å². The lowest BCUT2D eigenvalue weighted by molar-refractivity contribution is -0.137. The number of amides is 2. The van der Waals surface area contributed by atoms with Gasteiger partial charge in [-0.1, -0.05) is 12.8 Å². The van der Waals surface area contributed by atoms with E-state index in [-0.39, 0.29) is 17.7 Å². The quantitative estimate of drug-likeness (QED) is 0.721. The molecule has 0 radical (unpaired) electrons. The van der Waals surface area contributed by atoms with Gasteiger partial charge in [0.2, 0.25) is 11.8 Å². The minimum Gasteiger partial charge on any atom is -0.390 e. The molecule has 3 saturated carbocycles. The van der Waals surface area contributed by atoms with Crippen molar-refractivity contribution in [3.63, 3.8) is 0 Å². The second-order valence-electron chi connectivity index (χ2n) is 8.47. The van der Waals surface area contributed by atoms with Gasteiger partial charge in [-0.2, -0.15) is 0 Å². The highest BCUT2D eigenvalue weighted by Gasteiger charge is 2.61. The number of nitrogens with one attached hydrogen (secondary N) is 2. The van der Waals surface area contributed by atoms with Gasteiger partial charge in [-0.25, -0.2) is 0 Å². The molecule has 128 valence electrons. The van der Waals surface area contributed by atoms with Gasteiger partial charge in [-0.05, 0) is 63.2 Å². The van der Waals surface area contributed by atoms with Crippen LogP contribution >= 0.6 is 0 Å². The molecule has 5 atom stereocenters. The van der Waals surface area contributed by atoms with Gasteiger partial charge in [0.05, 0.1) is 11.0 Å². The average molecular weight is 320 g/mol. The summed E-state index contributed by atoms with van der Waals surface area (Å²) in [6.45, 7) is 0.709. The molecule has 0 aromatic heterocycles. The van der Waals surface area contributed by atoms with Crippen molar-refractivity contribution < 1.29 is 14.7 Å². The molecule has 23 heavy (non-hydrogen) atoms. The highest BCUT2D eigenvalue weighted by atomic mass is 16.3. The van der Waals surface area contributed by atoms with Crippen molar-refractivity contribution in [3.8, 4) is 0 Å². The molecule has 4 fully saturated rings. The summed E-state index contributed by atoms with van der Waals surface area (Å²) in [6, 6.07) is -0.394. The highest BCUT2D eigenvalue weighted by Crippen LogP contribution is 2.61. The summed E-state index contributed by atoms with van der Waals surface area (Å²) in [5.41, 5.74) is -1.08. The van der Waals surface area contributed by atoms with E-state index in [1.807, 2.05) is 0 Å². The normalized spacial score (nSPS) is 46.0. The van der Waals surface area contributed by atoms with Gasteiger partial charge in [0.1, 0.15) is 6.04 Å². The molecule has 1 aliphatic heterocycles. The van der Waals surface area contributed by atoms with E-state index in [2.05, 4.69) is 10.6 Å². The van der Waals surface area contributed by atoms with E-state index in [0.717, 1.165) is 57.8 Å². The van der Waals surface area contributed by atoms with E-state index in [4.69, 9.17) is 0 Å². The topological polar surface area (TPSA) is 78.4 Å². The largest absolute Gasteiger partial charge is 0.390 e. The minimum atomic E-state index is -0.645. The predicted molar refractivity (Wildman–Crippen MR) is 85.5 cm³/mol. The zero-order valence-electron chi connectivity index (χ0n) is 13.8. The third-order valence-corrected chi connectivity index (χ3v) is 6.88. The molecule has 3 N–H and O–H groups in total. The molecule has 5 heteroatoms. The first-order valence-corrected chi connectivity index (χ1v) is 9.32. The Kier molecular flexibility index (Phi) is 3.67. The number of rotatable bonds is 2. The zero-order valence-corrected chi connectivity index (χ0v) is 13.8. The summed E-state index contributed by atoms with van der Waals surface area (Å²) in [5, 5.41) is 17.0. The molecule has 3 bridgehead atoms. The van der Waals surface area contributed by atoms with Crippen LogP contribution in [0.5, 0.6) is 0 Å². The van der Waals surface area contributed by atoms with Crippen LogP contribution in [0.2, 0.25) is 0 Å². The third-order valence-electron chi connectivity index (χ3n) is 6.88. The summed E-state index contributed by atoms with van der Waals surface area (Å²) in [4.78, 5) is 25.2. The number of carbonyl (C=O) groups excluding carboxylic acids is 2. The minimum absolute atomic E-state index is 0.0204. The number of fused-ring (bicyclic) bond motifs is 2. The lowest BCUT2D eigenvalue weighted by Gasteiger charge is -2.37. The van der Waals surface area contributed by atoms with Crippen LogP contribution in [0, 0.1) is 17.3 Å². The van der Waals surface area contributed by atoms with Gasteiger partial charge in [-0.15, -0.1) is 0 Å². The van der Waals surface area contributed by atoms with E-state index in [0.29, 0.717) is 18.9 Å². The Bertz CT molecular complexity index is 518. The first kappa shape index (κ1) is 15.4. The predicted octanol–water partition coefficient (Wildman–Crippen LogP) is 1.49. The Balaban J connectivity index is 1.53. The molecule has 0 aromatic rings. The molecule has 1 saturated heterocycles. The van der Waals surface area contributed by atoms with Crippen LogP contribution in [0.15, 0.2) is 0 Å². The molecule has 2 amide bonds. The van der Waals surface area contributed by atoms with Gasteiger partial charge in [0, 0.05) is 6.54 Å². The van der Waals surface area contributed by atoms with E-state index in [1.54, 1.807) is 0 Å². The Morgan fingerprint density at radius 2 is 2.09 bits per heavy atom. The van der Waals surface area contributed by atoms with Crippen molar-refractivity contribution in [2.45, 2.75) is 75.9 Å². The lowest BCUT2D eigenvalue weighted by atomic mass is 9.69. The van der Waals surface area contributed by atoms with Crippen molar-refractivity contribution in [1.82, 2.24) is 10.6 Å². The summed E-state index contributed by atoms with van der Waals surface area (Å²) >= 11 is 0. The second kappa shape index (κ2) is 5.47. The monoisotopic (exact) mass is 320 g/mol. The Morgan fingerprint density at radius 3 is 2.96 bits per heavy atom. The fraction of sp³-hybridized carbons (Fsp3) is 0.889. The first-order valence-electron chi connectivity index (χ1n) is 9.32. The molecule has 0 spiro atoms. The van der Waals surface area contributed by atoms with E-state index < -0.39 is 17.1 Å². The number of hydrogen-bond donors (Lipinski definition) is 3. The van der Waals surface area contributed by atoms with Crippen molar-refractivity contribution in [1.29, 1.82) is 0 Å². The van der Waals surface area contributed by atoms with Crippen molar-refractivity contribution in [3.05, 3.63) is 0 Å². The summed E-state index contributed by atoms with van der Waals surface area (Å²) in [5.74, 6) is 0.819. The van der Waals surface area contributed by atoms with Crippen molar-refractivity contribution in [2.24, 2.45) is 17.3 Å². The first-order chi connectivity index (χ1) is 11.0. The van der Waals surface area contributed by atoms with Crippen LogP contribution in [-0.2, 0) is 9.59 Å². The molecular formula is C18H28N2O3. The summed E-state index contributed by atoms with van der Waals surface area (Å²) < 4.78 is 0. The van der Waals surface area contributed by atoms with Crippen LogP contribution in [0.1, 0.15) is 64.2 Å². The smallest absolute Gasteiger partial charge is 0.242 e. The van der Waals surface area contributed by atoms with Crippen LogP contribution in [-0.4, -0.2) is 35.1 Å². The van der Waals surface area contributed by atoms with Gasteiger partial charge in [-0.3, -0.25) is 9.59 Å². The average Bonchev–Trinajstić information content (AvgIpc) is 2.65. The van der Waals surface area contributed by atoms with Crippen LogP contribution in [0.25, 0.3) is 0 Å². The molecule has 4 aliphatic rings. The third kappa shape index (κ3) is 2.57. The maximum absolute atomic E-state index is 13.1. The van der Waals surface area contributed by atoms with E-state index in [9.17, 15) is 14.7 Å². The number of aliphatic hydroxyl groups is 1. The SMILES string of the molecule is O=C1NCCCC[C@@H]1NC(=O)C12CC3CCCC(O)(C1)C(C3)C2. The summed E-state index contributed by atoms with van der Waals surface area (Å²) in [6.07, 6.45) is 9.11. The van der Waals surface area contributed by atoms with E-state index in [1.165, 1.54) is 0 Å².